The van der Waals surface area contributed by atoms with Gasteiger partial charge in [-0.3, -0.25) is 0 Å². The Morgan fingerprint density at radius 3 is 3.12 bits per heavy atom. The molecule has 1 aromatic heterocycles. The number of hydrogen-bond acceptors (Lipinski definition) is 3. The topological polar surface area (TPSA) is 29.5 Å². The summed E-state index contributed by atoms with van der Waals surface area (Å²) in [5, 5.41) is 9.12. The number of fused-ring (bicyclic) bond motifs is 1. The first-order valence-electron chi connectivity index (χ1n) is 6.58. The van der Waals surface area contributed by atoms with Crippen LogP contribution in [-0.2, 0) is 17.6 Å². The van der Waals surface area contributed by atoms with E-state index >= 15 is 0 Å². The van der Waals surface area contributed by atoms with E-state index in [1.54, 1.807) is 0 Å². The Labute approximate surface area is 108 Å². The van der Waals surface area contributed by atoms with Crippen LogP contribution in [0.15, 0.2) is 6.07 Å². The summed E-state index contributed by atoms with van der Waals surface area (Å²) in [5.74, 6) is 0.362. The van der Waals surface area contributed by atoms with Gasteiger partial charge in [0.2, 0.25) is 0 Å². The number of thiophene rings is 1. The second-order valence-corrected chi connectivity index (χ2v) is 6.14. The smallest absolute Gasteiger partial charge is 0.0835 e. The molecule has 0 aliphatic heterocycles. The van der Waals surface area contributed by atoms with E-state index in [1.807, 2.05) is 11.3 Å². The molecule has 1 aliphatic rings. The molecule has 1 aromatic rings. The third kappa shape index (κ3) is 3.09. The van der Waals surface area contributed by atoms with Gasteiger partial charge >= 0.3 is 0 Å². The first-order valence-corrected chi connectivity index (χ1v) is 7.40. The largest absolute Gasteiger partial charge is 0.396 e. The molecule has 0 saturated heterocycles. The van der Waals surface area contributed by atoms with Crippen LogP contribution >= 0.6 is 11.3 Å². The lowest BCUT2D eigenvalue weighted by molar-refractivity contribution is 0.0506. The molecular formula is C14H22O2S. The highest BCUT2D eigenvalue weighted by Gasteiger charge is 2.23. The minimum Gasteiger partial charge on any atom is -0.396 e. The maximum atomic E-state index is 9.12. The predicted octanol–water partition coefficient (Wildman–Crippen LogP) is 3.33. The van der Waals surface area contributed by atoms with Crippen molar-refractivity contribution in [3.8, 4) is 0 Å². The highest BCUT2D eigenvalue weighted by Crippen LogP contribution is 2.38. The third-order valence-electron chi connectivity index (χ3n) is 3.34. The molecule has 2 nitrogen and oxygen atoms in total. The van der Waals surface area contributed by atoms with Crippen molar-refractivity contribution < 1.29 is 9.84 Å². The van der Waals surface area contributed by atoms with Crippen LogP contribution in [0.2, 0.25) is 0 Å². The lowest BCUT2D eigenvalue weighted by Gasteiger charge is -2.22. The minimum atomic E-state index is 0.275. The highest BCUT2D eigenvalue weighted by molar-refractivity contribution is 7.12. The standard InChI is InChI=1S/C14H22O2S/c1-3-16-13-5-4-6-14-12(13)8-11(17-14)7-10(2)9-15/h8,10,13,15H,3-7,9H2,1-2H3. The highest BCUT2D eigenvalue weighted by atomic mass is 32.1. The summed E-state index contributed by atoms with van der Waals surface area (Å²) in [5.41, 5.74) is 1.42. The Kier molecular flexibility index (Phi) is 4.60. The zero-order chi connectivity index (χ0) is 12.3. The molecule has 0 aromatic carbocycles. The summed E-state index contributed by atoms with van der Waals surface area (Å²) in [6.45, 7) is 5.23. The maximum absolute atomic E-state index is 9.12. The summed E-state index contributed by atoms with van der Waals surface area (Å²) < 4.78 is 5.81. The Bertz CT molecular complexity index is 359. The number of rotatable bonds is 5. The van der Waals surface area contributed by atoms with Crippen LogP contribution in [0.25, 0.3) is 0 Å². The fraction of sp³-hybridized carbons (Fsp3) is 0.714. The van der Waals surface area contributed by atoms with Gasteiger partial charge in [0.25, 0.3) is 0 Å². The zero-order valence-corrected chi connectivity index (χ0v) is 11.6. The molecule has 0 saturated carbocycles. The van der Waals surface area contributed by atoms with Crippen LogP contribution in [-0.4, -0.2) is 18.3 Å². The van der Waals surface area contributed by atoms with Crippen LogP contribution < -0.4 is 0 Å². The second-order valence-electron chi connectivity index (χ2n) is 4.92. The van der Waals surface area contributed by atoms with E-state index in [0.717, 1.165) is 19.4 Å². The van der Waals surface area contributed by atoms with Crippen molar-refractivity contribution in [2.45, 2.75) is 45.6 Å². The number of ether oxygens (including phenoxy) is 1. The van der Waals surface area contributed by atoms with E-state index in [9.17, 15) is 0 Å². The Balaban J connectivity index is 2.12. The van der Waals surface area contributed by atoms with Crippen LogP contribution in [0.4, 0.5) is 0 Å². The van der Waals surface area contributed by atoms with E-state index in [2.05, 4.69) is 19.9 Å². The van der Waals surface area contributed by atoms with Crippen LogP contribution in [0.1, 0.15) is 48.1 Å². The van der Waals surface area contributed by atoms with Crippen molar-refractivity contribution >= 4 is 11.3 Å². The fourth-order valence-electron chi connectivity index (χ4n) is 2.45. The summed E-state index contributed by atoms with van der Waals surface area (Å²) in [6, 6.07) is 2.31. The average Bonchev–Trinajstić information content (AvgIpc) is 2.72. The van der Waals surface area contributed by atoms with Gasteiger partial charge in [-0.2, -0.15) is 0 Å². The molecule has 0 amide bonds. The van der Waals surface area contributed by atoms with Gasteiger partial charge in [0.05, 0.1) is 6.10 Å². The molecule has 1 heterocycles. The maximum Gasteiger partial charge on any atom is 0.0835 e. The number of aliphatic hydroxyl groups excluding tert-OH is 1. The molecule has 17 heavy (non-hydrogen) atoms. The van der Waals surface area contributed by atoms with E-state index < -0.39 is 0 Å². The molecule has 1 aliphatic carbocycles. The van der Waals surface area contributed by atoms with Crippen LogP contribution in [0.5, 0.6) is 0 Å². The summed E-state index contributed by atoms with van der Waals surface area (Å²) in [4.78, 5) is 2.91. The van der Waals surface area contributed by atoms with Crippen LogP contribution in [0.3, 0.4) is 0 Å². The normalized spacial score (nSPS) is 21.2. The molecule has 1 N–H and O–H groups in total. The van der Waals surface area contributed by atoms with Crippen molar-refractivity contribution in [1.29, 1.82) is 0 Å². The average molecular weight is 254 g/mol. The Hall–Kier alpha value is -0.380. The quantitative estimate of drug-likeness (QED) is 0.873. The lowest BCUT2D eigenvalue weighted by Crippen LogP contribution is -2.10. The summed E-state index contributed by atoms with van der Waals surface area (Å²) in [7, 11) is 0. The molecule has 0 bridgehead atoms. The van der Waals surface area contributed by atoms with E-state index in [-0.39, 0.29) is 6.61 Å². The Morgan fingerprint density at radius 2 is 2.41 bits per heavy atom. The van der Waals surface area contributed by atoms with Gasteiger partial charge < -0.3 is 9.84 Å². The molecule has 96 valence electrons. The number of hydrogen-bond donors (Lipinski definition) is 1. The second kappa shape index (κ2) is 5.98. The molecule has 2 unspecified atom stereocenters. The molecule has 2 atom stereocenters. The third-order valence-corrected chi connectivity index (χ3v) is 4.57. The van der Waals surface area contributed by atoms with Gasteiger partial charge in [-0.05, 0) is 50.2 Å². The minimum absolute atomic E-state index is 0.275. The van der Waals surface area contributed by atoms with Crippen molar-refractivity contribution in [3.63, 3.8) is 0 Å². The van der Waals surface area contributed by atoms with Gasteiger partial charge in [-0.15, -0.1) is 11.3 Å². The summed E-state index contributed by atoms with van der Waals surface area (Å²) in [6.07, 6.45) is 4.92. The first kappa shape index (κ1) is 13.1. The van der Waals surface area contributed by atoms with E-state index in [1.165, 1.54) is 28.2 Å². The molecule has 2 rings (SSSR count). The van der Waals surface area contributed by atoms with Gasteiger partial charge in [-0.1, -0.05) is 6.92 Å². The fourth-order valence-corrected chi connectivity index (χ4v) is 3.88. The molecule has 0 radical (unpaired) electrons. The SMILES string of the molecule is CCOC1CCCc2sc(CC(C)CO)cc21. The molecule has 0 spiro atoms. The number of aliphatic hydroxyl groups is 1. The predicted molar refractivity (Wildman–Crippen MR) is 71.6 cm³/mol. The lowest BCUT2D eigenvalue weighted by atomic mass is 9.95. The number of aryl methyl sites for hydroxylation is 1. The monoisotopic (exact) mass is 254 g/mol. The first-order chi connectivity index (χ1) is 8.24. The van der Waals surface area contributed by atoms with Gasteiger partial charge in [-0.25, -0.2) is 0 Å². The molecule has 3 heteroatoms. The van der Waals surface area contributed by atoms with Gasteiger partial charge in [0.15, 0.2) is 0 Å². The van der Waals surface area contributed by atoms with Crippen molar-refractivity contribution in [3.05, 3.63) is 21.4 Å². The van der Waals surface area contributed by atoms with Crippen molar-refractivity contribution in [1.82, 2.24) is 0 Å². The van der Waals surface area contributed by atoms with E-state index in [0.29, 0.717) is 12.0 Å². The molecule has 0 fully saturated rings. The van der Waals surface area contributed by atoms with Gasteiger partial charge in [0, 0.05) is 23.0 Å². The van der Waals surface area contributed by atoms with Crippen LogP contribution in [0, 0.1) is 5.92 Å². The summed E-state index contributed by atoms with van der Waals surface area (Å²) >= 11 is 1.92. The Morgan fingerprint density at radius 1 is 1.59 bits per heavy atom. The molecular weight excluding hydrogens is 232 g/mol. The van der Waals surface area contributed by atoms with Crippen molar-refractivity contribution in [2.75, 3.05) is 13.2 Å². The van der Waals surface area contributed by atoms with Crippen molar-refractivity contribution in [2.24, 2.45) is 5.92 Å². The zero-order valence-electron chi connectivity index (χ0n) is 10.7. The van der Waals surface area contributed by atoms with Gasteiger partial charge in [0.1, 0.15) is 0 Å². The van der Waals surface area contributed by atoms with E-state index in [4.69, 9.17) is 9.84 Å².